The van der Waals surface area contributed by atoms with Crippen molar-refractivity contribution in [2.75, 3.05) is 13.1 Å². The molecule has 0 bridgehead atoms. The number of carbonyl (C=O) groups excluding carboxylic acids is 1. The molecule has 1 aliphatic rings. The fourth-order valence-electron chi connectivity index (χ4n) is 2.07. The topological polar surface area (TPSA) is 55.1 Å². The fraction of sp³-hybridized carbons (Fsp3) is 0.462. The number of carbonyl (C=O) groups is 1. The summed E-state index contributed by atoms with van der Waals surface area (Å²) in [6.07, 6.45) is 2.68. The lowest BCUT2D eigenvalue weighted by Crippen LogP contribution is -2.33. The van der Waals surface area contributed by atoms with Gasteiger partial charge >= 0.3 is 0 Å². The van der Waals surface area contributed by atoms with E-state index in [2.05, 4.69) is 33.4 Å². The fourth-order valence-corrected chi connectivity index (χ4v) is 2.78. The zero-order chi connectivity index (χ0) is 12.3. The van der Waals surface area contributed by atoms with Crippen molar-refractivity contribution in [3.8, 4) is 0 Å². The van der Waals surface area contributed by atoms with E-state index in [1.54, 1.807) is 0 Å². The summed E-state index contributed by atoms with van der Waals surface area (Å²) in [5, 5.41) is 2.97. The predicted molar refractivity (Wildman–Crippen MR) is 71.7 cm³/mol. The van der Waals surface area contributed by atoms with E-state index in [-0.39, 0.29) is 11.3 Å². The minimum Gasteiger partial charge on any atom is -0.355 e. The van der Waals surface area contributed by atoms with Gasteiger partial charge in [0.05, 0.1) is 0 Å². The van der Waals surface area contributed by atoms with Crippen LogP contribution in [-0.2, 0) is 10.2 Å². The average Bonchev–Trinajstić information content (AvgIpc) is 3.09. The van der Waals surface area contributed by atoms with Crippen molar-refractivity contribution in [3.05, 3.63) is 34.3 Å². The van der Waals surface area contributed by atoms with E-state index < -0.39 is 0 Å². The molecule has 0 saturated heterocycles. The number of halogens is 1. The van der Waals surface area contributed by atoms with Crippen molar-refractivity contribution < 1.29 is 4.79 Å². The van der Waals surface area contributed by atoms with Crippen molar-refractivity contribution in [1.29, 1.82) is 0 Å². The summed E-state index contributed by atoms with van der Waals surface area (Å²) < 4.78 is 1.13. The first-order chi connectivity index (χ1) is 8.18. The van der Waals surface area contributed by atoms with Gasteiger partial charge in [-0.15, -0.1) is 0 Å². The molecule has 0 aliphatic heterocycles. The van der Waals surface area contributed by atoms with Crippen LogP contribution in [0.1, 0.15) is 24.8 Å². The lowest BCUT2D eigenvalue weighted by molar-refractivity contribution is -0.121. The third-order valence-corrected chi connectivity index (χ3v) is 3.99. The van der Waals surface area contributed by atoms with Gasteiger partial charge in [-0.05, 0) is 24.5 Å². The van der Waals surface area contributed by atoms with Gasteiger partial charge in [0.1, 0.15) is 0 Å². The molecule has 1 saturated carbocycles. The van der Waals surface area contributed by atoms with Crippen LogP contribution in [-0.4, -0.2) is 19.0 Å². The van der Waals surface area contributed by atoms with E-state index >= 15 is 0 Å². The van der Waals surface area contributed by atoms with Gasteiger partial charge in [0.25, 0.3) is 0 Å². The van der Waals surface area contributed by atoms with Crippen LogP contribution in [0.4, 0.5) is 0 Å². The lowest BCUT2D eigenvalue weighted by Gasteiger charge is -2.18. The molecule has 1 amide bonds. The highest BCUT2D eigenvalue weighted by Gasteiger charge is 2.45. The number of nitrogens with one attached hydrogen (secondary N) is 1. The van der Waals surface area contributed by atoms with Crippen LogP contribution < -0.4 is 11.1 Å². The molecule has 3 N–H and O–H groups in total. The number of nitrogens with two attached hydrogens (primary N) is 1. The molecule has 0 spiro atoms. The lowest BCUT2D eigenvalue weighted by atomic mass is 9.96. The van der Waals surface area contributed by atoms with Crippen LogP contribution in [0.15, 0.2) is 28.7 Å². The van der Waals surface area contributed by atoms with Crippen molar-refractivity contribution in [3.63, 3.8) is 0 Å². The van der Waals surface area contributed by atoms with E-state index in [4.69, 9.17) is 5.73 Å². The van der Waals surface area contributed by atoms with Gasteiger partial charge in [-0.2, -0.15) is 0 Å². The second kappa shape index (κ2) is 5.19. The first-order valence-electron chi connectivity index (χ1n) is 5.90. The van der Waals surface area contributed by atoms with Gasteiger partial charge in [0.15, 0.2) is 0 Å². The van der Waals surface area contributed by atoms with E-state index in [1.165, 1.54) is 5.56 Å². The van der Waals surface area contributed by atoms with E-state index in [0.717, 1.165) is 17.3 Å². The van der Waals surface area contributed by atoms with Crippen molar-refractivity contribution >= 4 is 21.8 Å². The summed E-state index contributed by atoms with van der Waals surface area (Å²) in [7, 11) is 0. The Labute approximate surface area is 110 Å². The molecule has 0 unspecified atom stereocenters. The molecule has 0 atom stereocenters. The first-order valence-corrected chi connectivity index (χ1v) is 6.69. The number of benzene rings is 1. The molecule has 1 fully saturated rings. The molecule has 1 aromatic carbocycles. The molecular formula is C13H17BrN2O. The summed E-state index contributed by atoms with van der Waals surface area (Å²) in [6, 6.07) is 8.24. The molecule has 1 aliphatic carbocycles. The highest BCUT2D eigenvalue weighted by Crippen LogP contribution is 2.49. The van der Waals surface area contributed by atoms with Crippen molar-refractivity contribution in [1.82, 2.24) is 5.32 Å². The maximum atomic E-state index is 11.4. The second-order valence-corrected chi connectivity index (χ2v) is 5.43. The predicted octanol–water partition coefficient (Wildman–Crippen LogP) is 1.95. The summed E-state index contributed by atoms with van der Waals surface area (Å²) in [6.45, 7) is 1.13. The number of hydrogen-bond donors (Lipinski definition) is 2. The zero-order valence-corrected chi connectivity index (χ0v) is 11.3. The van der Waals surface area contributed by atoms with E-state index in [0.29, 0.717) is 19.5 Å². The van der Waals surface area contributed by atoms with Gasteiger partial charge in [-0.3, -0.25) is 4.79 Å². The maximum absolute atomic E-state index is 11.4. The normalized spacial score (nSPS) is 16.6. The molecule has 0 heterocycles. The average molecular weight is 297 g/mol. The van der Waals surface area contributed by atoms with Crippen LogP contribution in [0.5, 0.6) is 0 Å². The summed E-state index contributed by atoms with van der Waals surface area (Å²) in [5.41, 5.74) is 6.79. The molecule has 3 nitrogen and oxygen atoms in total. The molecule has 0 radical (unpaired) electrons. The zero-order valence-electron chi connectivity index (χ0n) is 9.71. The highest BCUT2D eigenvalue weighted by molar-refractivity contribution is 9.10. The van der Waals surface area contributed by atoms with Gasteiger partial charge in [0.2, 0.25) is 5.91 Å². The third-order valence-electron chi connectivity index (χ3n) is 3.29. The van der Waals surface area contributed by atoms with Crippen LogP contribution in [0, 0.1) is 0 Å². The summed E-state index contributed by atoms with van der Waals surface area (Å²) in [5.74, 6) is 0.0471. The molecule has 4 heteroatoms. The van der Waals surface area contributed by atoms with Crippen LogP contribution >= 0.6 is 15.9 Å². The molecule has 17 heavy (non-hydrogen) atoms. The largest absolute Gasteiger partial charge is 0.355 e. The van der Waals surface area contributed by atoms with Gasteiger partial charge in [-0.1, -0.05) is 34.1 Å². The Hall–Kier alpha value is -0.870. The number of rotatable bonds is 5. The van der Waals surface area contributed by atoms with E-state index in [9.17, 15) is 4.79 Å². The summed E-state index contributed by atoms with van der Waals surface area (Å²) in [4.78, 5) is 11.4. The molecular weight excluding hydrogens is 280 g/mol. The van der Waals surface area contributed by atoms with Crippen LogP contribution in [0.25, 0.3) is 0 Å². The first kappa shape index (κ1) is 12.6. The van der Waals surface area contributed by atoms with Crippen molar-refractivity contribution in [2.45, 2.75) is 24.7 Å². The van der Waals surface area contributed by atoms with Crippen LogP contribution in [0.3, 0.4) is 0 Å². The quantitative estimate of drug-likeness (QED) is 0.872. The minimum absolute atomic E-state index is 0.0471. The molecule has 1 aromatic rings. The SMILES string of the molecule is NCCC(=O)NCC1(c2ccccc2Br)CC1. The smallest absolute Gasteiger partial charge is 0.221 e. The number of hydrogen-bond acceptors (Lipinski definition) is 2. The highest BCUT2D eigenvalue weighted by atomic mass is 79.9. The Morgan fingerprint density at radius 1 is 1.41 bits per heavy atom. The van der Waals surface area contributed by atoms with Crippen molar-refractivity contribution in [2.24, 2.45) is 5.73 Å². The van der Waals surface area contributed by atoms with Crippen LogP contribution in [0.2, 0.25) is 0 Å². The summed E-state index contributed by atoms with van der Waals surface area (Å²) >= 11 is 3.58. The maximum Gasteiger partial charge on any atom is 0.221 e. The van der Waals surface area contributed by atoms with E-state index in [1.807, 2.05) is 12.1 Å². The van der Waals surface area contributed by atoms with Gasteiger partial charge in [0, 0.05) is 29.4 Å². The molecule has 0 aromatic heterocycles. The minimum atomic E-state index is 0.0471. The van der Waals surface area contributed by atoms with Gasteiger partial charge < -0.3 is 11.1 Å². The third kappa shape index (κ3) is 2.87. The number of amides is 1. The Kier molecular flexibility index (Phi) is 3.84. The molecule has 2 rings (SSSR count). The molecule has 92 valence electrons. The Morgan fingerprint density at radius 3 is 2.71 bits per heavy atom. The standard InChI is InChI=1S/C13H17BrN2O/c14-11-4-2-1-3-10(11)13(6-7-13)9-16-12(17)5-8-15/h1-4H,5-9,15H2,(H,16,17). The second-order valence-electron chi connectivity index (χ2n) is 4.58. The Morgan fingerprint density at radius 2 is 2.12 bits per heavy atom. The Bertz CT molecular complexity index is 416. The Balaban J connectivity index is 2.01. The monoisotopic (exact) mass is 296 g/mol. The van der Waals surface area contributed by atoms with Gasteiger partial charge in [-0.25, -0.2) is 0 Å².